The Balaban J connectivity index is 1.75. The number of rotatable bonds is 4. The average Bonchev–Trinajstić information content (AvgIpc) is 2.41. The van der Waals surface area contributed by atoms with Crippen molar-refractivity contribution in [3.05, 3.63) is 24.3 Å². The molecule has 0 aromatic heterocycles. The highest BCUT2D eigenvalue weighted by Gasteiger charge is 2.25. The van der Waals surface area contributed by atoms with E-state index in [4.69, 9.17) is 10.5 Å². The lowest BCUT2D eigenvalue weighted by atomic mass is 9.79. The summed E-state index contributed by atoms with van der Waals surface area (Å²) in [6.45, 7) is 4.59. The fourth-order valence-electron chi connectivity index (χ4n) is 2.70. The fraction of sp³-hybridized carbons (Fsp3) is 0.562. The van der Waals surface area contributed by atoms with Gasteiger partial charge in [-0.1, -0.05) is 19.9 Å². The molecule has 2 rings (SSSR count). The van der Waals surface area contributed by atoms with E-state index in [2.05, 4.69) is 19.2 Å². The van der Waals surface area contributed by atoms with Crippen LogP contribution in [0.2, 0.25) is 0 Å². The zero-order valence-electron chi connectivity index (χ0n) is 12.3. The Bertz CT molecular complexity index is 462. The van der Waals surface area contributed by atoms with Crippen LogP contribution in [0.3, 0.4) is 0 Å². The summed E-state index contributed by atoms with van der Waals surface area (Å²) in [5.74, 6) is 2.00. The molecule has 0 spiro atoms. The normalized spacial score (nSPS) is 26.0. The van der Waals surface area contributed by atoms with Crippen molar-refractivity contribution >= 4 is 11.6 Å². The standard InChI is InChI=1S/C16H24N2O2/c1-11-6-7-14(8-12(11)2)18-16(19)10-20-15-5-3-4-13(17)9-15/h3-5,9,11-12,14H,6-8,10,17H2,1-2H3,(H,18,19). The molecule has 1 saturated carbocycles. The van der Waals surface area contributed by atoms with E-state index >= 15 is 0 Å². The molecule has 0 aliphatic heterocycles. The van der Waals surface area contributed by atoms with Crippen molar-refractivity contribution in [3.63, 3.8) is 0 Å². The summed E-state index contributed by atoms with van der Waals surface area (Å²) < 4.78 is 5.45. The molecule has 20 heavy (non-hydrogen) atoms. The largest absolute Gasteiger partial charge is 0.484 e. The first kappa shape index (κ1) is 14.7. The summed E-state index contributed by atoms with van der Waals surface area (Å²) in [4.78, 5) is 11.9. The molecule has 0 bridgehead atoms. The van der Waals surface area contributed by atoms with Gasteiger partial charge in [0, 0.05) is 17.8 Å². The van der Waals surface area contributed by atoms with Crippen LogP contribution < -0.4 is 15.8 Å². The summed E-state index contributed by atoms with van der Waals surface area (Å²) in [7, 11) is 0. The molecule has 1 aliphatic rings. The van der Waals surface area contributed by atoms with E-state index in [-0.39, 0.29) is 18.6 Å². The Morgan fingerprint density at radius 1 is 1.35 bits per heavy atom. The maximum Gasteiger partial charge on any atom is 0.258 e. The number of carbonyl (C=O) groups is 1. The topological polar surface area (TPSA) is 64.3 Å². The number of hydrogen-bond donors (Lipinski definition) is 2. The van der Waals surface area contributed by atoms with Crippen LogP contribution in [0.15, 0.2) is 24.3 Å². The maximum atomic E-state index is 11.9. The lowest BCUT2D eigenvalue weighted by molar-refractivity contribution is -0.124. The van der Waals surface area contributed by atoms with Crippen LogP contribution in [0.4, 0.5) is 5.69 Å². The highest BCUT2D eigenvalue weighted by Crippen LogP contribution is 2.29. The van der Waals surface area contributed by atoms with Crippen LogP contribution in [-0.2, 0) is 4.79 Å². The van der Waals surface area contributed by atoms with E-state index in [0.29, 0.717) is 17.4 Å². The van der Waals surface area contributed by atoms with Gasteiger partial charge in [0.15, 0.2) is 6.61 Å². The lowest BCUT2D eigenvalue weighted by Crippen LogP contribution is -2.41. The van der Waals surface area contributed by atoms with E-state index in [1.165, 1.54) is 6.42 Å². The van der Waals surface area contributed by atoms with Gasteiger partial charge in [0.05, 0.1) is 0 Å². The zero-order chi connectivity index (χ0) is 14.5. The smallest absolute Gasteiger partial charge is 0.258 e. The molecule has 110 valence electrons. The van der Waals surface area contributed by atoms with Crippen LogP contribution in [-0.4, -0.2) is 18.6 Å². The second-order valence-electron chi connectivity index (χ2n) is 5.89. The number of ether oxygens (including phenoxy) is 1. The molecule has 0 saturated heterocycles. The molecule has 1 amide bonds. The Kier molecular flexibility index (Phi) is 4.88. The minimum atomic E-state index is -0.0563. The molecular formula is C16H24N2O2. The van der Waals surface area contributed by atoms with Crippen molar-refractivity contribution in [2.45, 2.75) is 39.2 Å². The second kappa shape index (κ2) is 6.64. The second-order valence-corrected chi connectivity index (χ2v) is 5.89. The summed E-state index contributed by atoms with van der Waals surface area (Å²) in [5, 5.41) is 3.06. The Hall–Kier alpha value is -1.71. The quantitative estimate of drug-likeness (QED) is 0.831. The van der Waals surface area contributed by atoms with Gasteiger partial charge in [-0.3, -0.25) is 4.79 Å². The number of nitrogens with one attached hydrogen (secondary N) is 1. The van der Waals surface area contributed by atoms with Gasteiger partial charge in [0.1, 0.15) is 5.75 Å². The van der Waals surface area contributed by atoms with Crippen molar-refractivity contribution in [2.24, 2.45) is 11.8 Å². The third kappa shape index (κ3) is 4.15. The van der Waals surface area contributed by atoms with Gasteiger partial charge >= 0.3 is 0 Å². The number of benzene rings is 1. The molecule has 3 N–H and O–H groups in total. The van der Waals surface area contributed by atoms with Crippen molar-refractivity contribution in [1.82, 2.24) is 5.32 Å². The van der Waals surface area contributed by atoms with Crippen LogP contribution in [0.5, 0.6) is 5.75 Å². The van der Waals surface area contributed by atoms with E-state index in [9.17, 15) is 4.79 Å². The van der Waals surface area contributed by atoms with Gasteiger partial charge in [-0.25, -0.2) is 0 Å². The van der Waals surface area contributed by atoms with Gasteiger partial charge in [0.25, 0.3) is 5.91 Å². The average molecular weight is 276 g/mol. The van der Waals surface area contributed by atoms with E-state index in [1.54, 1.807) is 18.2 Å². The number of hydrogen-bond acceptors (Lipinski definition) is 3. The predicted molar refractivity (Wildman–Crippen MR) is 80.5 cm³/mol. The first-order valence-electron chi connectivity index (χ1n) is 7.32. The molecule has 3 unspecified atom stereocenters. The molecule has 0 heterocycles. The van der Waals surface area contributed by atoms with E-state index in [1.807, 2.05) is 6.07 Å². The molecule has 0 radical (unpaired) electrons. The fourth-order valence-corrected chi connectivity index (χ4v) is 2.70. The molecule has 1 aromatic carbocycles. The SMILES string of the molecule is CC1CCC(NC(=O)COc2cccc(N)c2)CC1C. The Morgan fingerprint density at radius 2 is 2.15 bits per heavy atom. The van der Waals surface area contributed by atoms with Crippen LogP contribution in [0.1, 0.15) is 33.1 Å². The van der Waals surface area contributed by atoms with Crippen molar-refractivity contribution in [1.29, 1.82) is 0 Å². The maximum absolute atomic E-state index is 11.9. The minimum absolute atomic E-state index is 0.0455. The monoisotopic (exact) mass is 276 g/mol. The molecule has 1 fully saturated rings. The third-order valence-electron chi connectivity index (χ3n) is 4.19. The molecular weight excluding hydrogens is 252 g/mol. The minimum Gasteiger partial charge on any atom is -0.484 e. The molecule has 3 atom stereocenters. The predicted octanol–water partition coefficient (Wildman–Crippen LogP) is 2.59. The number of amides is 1. The summed E-state index contributed by atoms with van der Waals surface area (Å²) >= 11 is 0. The van der Waals surface area contributed by atoms with Crippen molar-refractivity contribution < 1.29 is 9.53 Å². The molecule has 4 nitrogen and oxygen atoms in total. The molecule has 1 aromatic rings. The van der Waals surface area contributed by atoms with Crippen molar-refractivity contribution in [2.75, 3.05) is 12.3 Å². The summed E-state index contributed by atoms with van der Waals surface area (Å²) in [6, 6.07) is 7.41. The number of nitrogens with two attached hydrogens (primary N) is 1. The lowest BCUT2D eigenvalue weighted by Gasteiger charge is -2.32. The highest BCUT2D eigenvalue weighted by atomic mass is 16.5. The zero-order valence-corrected chi connectivity index (χ0v) is 12.3. The summed E-state index contributed by atoms with van der Waals surface area (Å²) in [5.41, 5.74) is 6.30. The third-order valence-corrected chi connectivity index (χ3v) is 4.19. The van der Waals surface area contributed by atoms with Crippen LogP contribution >= 0.6 is 0 Å². The summed E-state index contributed by atoms with van der Waals surface area (Å²) in [6.07, 6.45) is 3.31. The van der Waals surface area contributed by atoms with Gasteiger partial charge < -0.3 is 15.8 Å². The number of nitrogen functional groups attached to an aromatic ring is 1. The number of anilines is 1. The van der Waals surface area contributed by atoms with E-state index < -0.39 is 0 Å². The highest BCUT2D eigenvalue weighted by molar-refractivity contribution is 5.77. The number of carbonyl (C=O) groups excluding carboxylic acids is 1. The van der Waals surface area contributed by atoms with Crippen LogP contribution in [0, 0.1) is 11.8 Å². The van der Waals surface area contributed by atoms with Crippen LogP contribution in [0.25, 0.3) is 0 Å². The van der Waals surface area contributed by atoms with Gasteiger partial charge in [0.2, 0.25) is 0 Å². The first-order valence-corrected chi connectivity index (χ1v) is 7.32. The van der Waals surface area contributed by atoms with E-state index in [0.717, 1.165) is 18.8 Å². The molecule has 1 aliphatic carbocycles. The Morgan fingerprint density at radius 3 is 2.85 bits per heavy atom. The van der Waals surface area contributed by atoms with Crippen molar-refractivity contribution in [3.8, 4) is 5.75 Å². The van der Waals surface area contributed by atoms with Gasteiger partial charge in [-0.05, 0) is 43.2 Å². The van der Waals surface area contributed by atoms with Gasteiger partial charge in [-0.15, -0.1) is 0 Å². The Labute approximate surface area is 120 Å². The first-order chi connectivity index (χ1) is 9.54. The van der Waals surface area contributed by atoms with Gasteiger partial charge in [-0.2, -0.15) is 0 Å². The molecule has 4 heteroatoms.